The van der Waals surface area contributed by atoms with Crippen LogP contribution >= 0.6 is 0 Å². The Morgan fingerprint density at radius 1 is 0.684 bits per heavy atom. The molecule has 94 valence electrons. The molecule has 1 unspecified atom stereocenters. The van der Waals surface area contributed by atoms with E-state index >= 15 is 0 Å². The van der Waals surface area contributed by atoms with Crippen LogP contribution in [0, 0.1) is 0 Å². The van der Waals surface area contributed by atoms with Gasteiger partial charge in [-0.05, 0) is 34.9 Å². The molecule has 0 radical (unpaired) electrons. The number of fused-ring (bicyclic) bond motifs is 1. The zero-order valence-corrected chi connectivity index (χ0v) is 11.0. The highest BCUT2D eigenvalue weighted by Crippen LogP contribution is 2.28. The molecule has 3 aromatic carbocycles. The first kappa shape index (κ1) is 11.9. The Morgan fingerprint density at radius 3 is 2.05 bits per heavy atom. The molecule has 2 N–H and O–H groups in total. The van der Waals surface area contributed by atoms with E-state index in [0.717, 1.165) is 11.1 Å². The van der Waals surface area contributed by atoms with E-state index in [1.165, 1.54) is 10.8 Å². The molecular formula is C18H17N. The largest absolute Gasteiger partial charge is 0.318 e. The van der Waals surface area contributed by atoms with Crippen molar-refractivity contribution >= 4 is 10.8 Å². The van der Waals surface area contributed by atoms with Crippen molar-refractivity contribution < 1.29 is 0 Å². The Labute approximate surface area is 113 Å². The molecule has 0 aliphatic rings. The van der Waals surface area contributed by atoms with Crippen LogP contribution in [-0.4, -0.2) is 0 Å². The van der Waals surface area contributed by atoms with E-state index in [-0.39, 0.29) is 0 Å². The molecule has 3 aromatic rings. The van der Waals surface area contributed by atoms with Crippen LogP contribution < -0.4 is 5.73 Å². The lowest BCUT2D eigenvalue weighted by molar-refractivity contribution is 0.604. The molecule has 0 aromatic heterocycles. The van der Waals surface area contributed by atoms with Gasteiger partial charge >= 0.3 is 0 Å². The monoisotopic (exact) mass is 247 g/mol. The normalized spacial score (nSPS) is 14.2. The van der Waals surface area contributed by atoms with Gasteiger partial charge in [0.1, 0.15) is 0 Å². The molecule has 0 aliphatic carbocycles. The summed E-state index contributed by atoms with van der Waals surface area (Å²) >= 11 is 0. The van der Waals surface area contributed by atoms with Gasteiger partial charge in [0.2, 0.25) is 0 Å². The minimum atomic E-state index is -0.467. The first-order chi connectivity index (χ1) is 9.18. The maximum absolute atomic E-state index is 6.55. The standard InChI is InChI=1S/C18H17N/c1-18(19,16-9-3-2-4-10-16)17-12-11-14-7-5-6-8-15(14)13-17/h2-13H,19H2,1H3. The summed E-state index contributed by atoms with van der Waals surface area (Å²) < 4.78 is 0. The molecule has 3 rings (SSSR count). The second kappa shape index (κ2) is 4.52. The molecule has 0 fully saturated rings. The van der Waals surface area contributed by atoms with Gasteiger partial charge < -0.3 is 5.73 Å². The van der Waals surface area contributed by atoms with Crippen LogP contribution in [0.1, 0.15) is 18.1 Å². The summed E-state index contributed by atoms with van der Waals surface area (Å²) in [6, 6.07) is 25.0. The molecule has 0 amide bonds. The third kappa shape index (κ3) is 2.13. The van der Waals surface area contributed by atoms with Crippen molar-refractivity contribution in [3.63, 3.8) is 0 Å². The Hall–Kier alpha value is -2.12. The smallest absolute Gasteiger partial charge is 0.0637 e. The Morgan fingerprint density at radius 2 is 1.32 bits per heavy atom. The quantitative estimate of drug-likeness (QED) is 0.726. The number of hydrogen-bond donors (Lipinski definition) is 1. The molecule has 19 heavy (non-hydrogen) atoms. The maximum Gasteiger partial charge on any atom is 0.0637 e. The maximum atomic E-state index is 6.55. The van der Waals surface area contributed by atoms with Crippen molar-refractivity contribution in [3.05, 3.63) is 83.9 Å². The molecule has 1 nitrogen and oxygen atoms in total. The van der Waals surface area contributed by atoms with E-state index in [4.69, 9.17) is 5.73 Å². The summed E-state index contributed by atoms with van der Waals surface area (Å²) in [4.78, 5) is 0. The van der Waals surface area contributed by atoms with Crippen molar-refractivity contribution in [3.8, 4) is 0 Å². The molecule has 0 spiro atoms. The van der Waals surface area contributed by atoms with Crippen LogP contribution in [0.3, 0.4) is 0 Å². The molecule has 1 atom stereocenters. The zero-order valence-electron chi connectivity index (χ0n) is 11.0. The fraction of sp³-hybridized carbons (Fsp3) is 0.111. The van der Waals surface area contributed by atoms with Gasteiger partial charge in [-0.15, -0.1) is 0 Å². The zero-order chi connectivity index (χ0) is 13.3. The molecule has 0 saturated heterocycles. The van der Waals surface area contributed by atoms with Crippen LogP contribution in [0.5, 0.6) is 0 Å². The van der Waals surface area contributed by atoms with Crippen LogP contribution in [0.15, 0.2) is 72.8 Å². The van der Waals surface area contributed by atoms with Crippen molar-refractivity contribution in [1.29, 1.82) is 0 Å². The van der Waals surface area contributed by atoms with Crippen LogP contribution in [0.4, 0.5) is 0 Å². The van der Waals surface area contributed by atoms with Gasteiger partial charge in [-0.25, -0.2) is 0 Å². The number of rotatable bonds is 2. The topological polar surface area (TPSA) is 26.0 Å². The van der Waals surface area contributed by atoms with E-state index < -0.39 is 5.54 Å². The second-order valence-corrected chi connectivity index (χ2v) is 5.13. The average Bonchev–Trinajstić information content (AvgIpc) is 2.47. The van der Waals surface area contributed by atoms with Gasteiger partial charge in [0.25, 0.3) is 0 Å². The molecular weight excluding hydrogens is 230 g/mol. The van der Waals surface area contributed by atoms with E-state index in [0.29, 0.717) is 0 Å². The number of hydrogen-bond acceptors (Lipinski definition) is 1. The summed E-state index contributed by atoms with van der Waals surface area (Å²) in [6.07, 6.45) is 0. The van der Waals surface area contributed by atoms with Gasteiger partial charge in [0.15, 0.2) is 0 Å². The SMILES string of the molecule is CC(N)(c1ccccc1)c1ccc2ccccc2c1. The lowest BCUT2D eigenvalue weighted by Gasteiger charge is -2.26. The number of benzene rings is 3. The predicted molar refractivity (Wildman–Crippen MR) is 81.0 cm³/mol. The van der Waals surface area contributed by atoms with Crippen LogP contribution in [0.2, 0.25) is 0 Å². The highest BCUT2D eigenvalue weighted by molar-refractivity contribution is 5.83. The van der Waals surface area contributed by atoms with Crippen molar-refractivity contribution in [2.75, 3.05) is 0 Å². The first-order valence-electron chi connectivity index (χ1n) is 6.51. The van der Waals surface area contributed by atoms with Gasteiger partial charge in [-0.1, -0.05) is 66.7 Å². The van der Waals surface area contributed by atoms with E-state index in [9.17, 15) is 0 Å². The Bertz CT molecular complexity index is 699. The molecule has 1 heteroatoms. The molecule has 0 bridgehead atoms. The third-order valence-corrected chi connectivity index (χ3v) is 3.72. The van der Waals surface area contributed by atoms with Gasteiger partial charge in [0.05, 0.1) is 5.54 Å². The molecule has 0 heterocycles. The highest BCUT2D eigenvalue weighted by atomic mass is 14.7. The van der Waals surface area contributed by atoms with Crippen LogP contribution in [0.25, 0.3) is 10.8 Å². The summed E-state index contributed by atoms with van der Waals surface area (Å²) in [5, 5.41) is 2.47. The predicted octanol–water partition coefficient (Wildman–Crippen LogP) is 4.06. The van der Waals surface area contributed by atoms with E-state index in [2.05, 4.69) is 61.5 Å². The second-order valence-electron chi connectivity index (χ2n) is 5.13. The lowest BCUT2D eigenvalue weighted by Crippen LogP contribution is -2.34. The van der Waals surface area contributed by atoms with E-state index in [1.54, 1.807) is 0 Å². The summed E-state index contributed by atoms with van der Waals surface area (Å²) in [5.74, 6) is 0. The van der Waals surface area contributed by atoms with Gasteiger partial charge in [-0.2, -0.15) is 0 Å². The summed E-state index contributed by atoms with van der Waals surface area (Å²) in [6.45, 7) is 2.06. The third-order valence-electron chi connectivity index (χ3n) is 3.72. The van der Waals surface area contributed by atoms with Crippen LogP contribution in [-0.2, 0) is 5.54 Å². The average molecular weight is 247 g/mol. The lowest BCUT2D eigenvalue weighted by atomic mass is 9.85. The molecule has 0 aliphatic heterocycles. The first-order valence-corrected chi connectivity index (χ1v) is 6.51. The van der Waals surface area contributed by atoms with Crippen molar-refractivity contribution in [2.24, 2.45) is 5.73 Å². The Balaban J connectivity index is 2.13. The minimum absolute atomic E-state index is 0.467. The fourth-order valence-corrected chi connectivity index (χ4v) is 2.46. The number of nitrogens with two attached hydrogens (primary N) is 1. The van der Waals surface area contributed by atoms with Gasteiger partial charge in [0, 0.05) is 0 Å². The summed E-state index contributed by atoms with van der Waals surface area (Å²) in [7, 11) is 0. The highest BCUT2D eigenvalue weighted by Gasteiger charge is 2.23. The minimum Gasteiger partial charge on any atom is -0.318 e. The van der Waals surface area contributed by atoms with Gasteiger partial charge in [-0.3, -0.25) is 0 Å². The van der Waals surface area contributed by atoms with E-state index in [1.807, 2.05) is 18.2 Å². The Kier molecular flexibility index (Phi) is 2.84. The van der Waals surface area contributed by atoms with Crippen molar-refractivity contribution in [1.82, 2.24) is 0 Å². The van der Waals surface area contributed by atoms with Crippen molar-refractivity contribution in [2.45, 2.75) is 12.5 Å². The fourth-order valence-electron chi connectivity index (χ4n) is 2.46. The summed E-state index contributed by atoms with van der Waals surface area (Å²) in [5.41, 5.74) is 8.35. The molecule has 0 saturated carbocycles.